The SMILES string of the molecule is CC(C)(C)NC(=O)c1csc(CN(Cc2ccc(OCc3ccccc3)cc2)Cc2ccc3c(c2)OCO3)n1. The van der Waals surface area contributed by atoms with E-state index >= 15 is 0 Å². The Morgan fingerprint density at radius 2 is 1.64 bits per heavy atom. The van der Waals surface area contributed by atoms with Crippen LogP contribution in [0.1, 0.15) is 53.0 Å². The molecule has 0 aliphatic carbocycles. The summed E-state index contributed by atoms with van der Waals surface area (Å²) in [5.41, 5.74) is 3.54. The zero-order chi connectivity index (χ0) is 27.2. The molecule has 0 radical (unpaired) electrons. The van der Waals surface area contributed by atoms with Crippen LogP contribution in [0.15, 0.2) is 78.2 Å². The molecule has 0 atom stereocenters. The summed E-state index contributed by atoms with van der Waals surface area (Å²) in [5, 5.41) is 5.70. The highest BCUT2D eigenvalue weighted by atomic mass is 32.1. The molecule has 0 spiro atoms. The van der Waals surface area contributed by atoms with Crippen LogP contribution in [0.5, 0.6) is 17.2 Å². The lowest BCUT2D eigenvalue weighted by molar-refractivity contribution is 0.0914. The summed E-state index contributed by atoms with van der Waals surface area (Å²) in [6.45, 7) is 8.66. The van der Waals surface area contributed by atoms with Gasteiger partial charge in [0.05, 0.1) is 6.54 Å². The lowest BCUT2D eigenvalue weighted by Crippen LogP contribution is -2.40. The van der Waals surface area contributed by atoms with Crippen molar-refractivity contribution in [2.45, 2.75) is 52.6 Å². The van der Waals surface area contributed by atoms with Gasteiger partial charge in [-0.05, 0) is 61.7 Å². The number of hydrogen-bond donors (Lipinski definition) is 1. The third kappa shape index (κ3) is 7.59. The number of ether oxygens (including phenoxy) is 3. The molecule has 0 bridgehead atoms. The average Bonchev–Trinajstić information content (AvgIpc) is 3.57. The first-order valence-electron chi connectivity index (χ1n) is 12.9. The minimum absolute atomic E-state index is 0.154. The van der Waals surface area contributed by atoms with Gasteiger partial charge in [-0.15, -0.1) is 11.3 Å². The Morgan fingerprint density at radius 1 is 0.923 bits per heavy atom. The third-order valence-corrected chi connectivity index (χ3v) is 6.89. The second-order valence-electron chi connectivity index (χ2n) is 10.6. The fourth-order valence-electron chi connectivity index (χ4n) is 4.24. The fraction of sp³-hybridized carbons (Fsp3) is 0.290. The molecule has 8 heteroatoms. The molecule has 5 rings (SSSR count). The van der Waals surface area contributed by atoms with Gasteiger partial charge in [-0.2, -0.15) is 0 Å². The van der Waals surface area contributed by atoms with Gasteiger partial charge in [-0.25, -0.2) is 4.98 Å². The van der Waals surface area contributed by atoms with Gasteiger partial charge < -0.3 is 19.5 Å². The Morgan fingerprint density at radius 3 is 2.41 bits per heavy atom. The summed E-state index contributed by atoms with van der Waals surface area (Å²) in [6, 6.07) is 24.4. The highest BCUT2D eigenvalue weighted by Gasteiger charge is 2.20. The smallest absolute Gasteiger partial charge is 0.271 e. The van der Waals surface area contributed by atoms with E-state index in [1.165, 1.54) is 11.3 Å². The van der Waals surface area contributed by atoms with E-state index in [0.717, 1.165) is 38.9 Å². The number of carbonyl (C=O) groups excluding carboxylic acids is 1. The van der Waals surface area contributed by atoms with Crippen molar-refractivity contribution in [2.75, 3.05) is 6.79 Å². The van der Waals surface area contributed by atoms with E-state index in [9.17, 15) is 4.79 Å². The number of rotatable bonds is 10. The number of benzene rings is 3. The fourth-order valence-corrected chi connectivity index (χ4v) is 5.05. The Bertz CT molecular complexity index is 1400. The molecule has 1 aliphatic heterocycles. The van der Waals surface area contributed by atoms with Crippen LogP contribution in [-0.4, -0.2) is 28.1 Å². The highest BCUT2D eigenvalue weighted by Crippen LogP contribution is 2.33. The van der Waals surface area contributed by atoms with Crippen molar-refractivity contribution in [1.29, 1.82) is 0 Å². The van der Waals surface area contributed by atoms with Crippen LogP contribution in [0.25, 0.3) is 0 Å². The molecule has 0 fully saturated rings. The Balaban J connectivity index is 1.28. The average molecular weight is 544 g/mol. The Kier molecular flexibility index (Phi) is 8.14. The topological polar surface area (TPSA) is 72.9 Å². The van der Waals surface area contributed by atoms with E-state index < -0.39 is 0 Å². The lowest BCUT2D eigenvalue weighted by atomic mass is 10.1. The van der Waals surface area contributed by atoms with Crippen molar-refractivity contribution in [2.24, 2.45) is 0 Å². The van der Waals surface area contributed by atoms with Gasteiger partial charge in [-0.3, -0.25) is 9.69 Å². The molecule has 4 aromatic rings. The standard InChI is InChI=1S/C31H33N3O4S/c1-31(2,3)33-30(35)26-20-39-29(32-26)18-34(17-24-11-14-27-28(15-24)38-21-37-27)16-22-9-12-25(13-10-22)36-19-23-7-5-4-6-8-23/h4-15,20H,16-19,21H2,1-3H3,(H,33,35). The maximum absolute atomic E-state index is 12.6. The molecule has 2 heterocycles. The van der Waals surface area contributed by atoms with E-state index in [1.54, 1.807) is 0 Å². The van der Waals surface area contributed by atoms with Gasteiger partial charge >= 0.3 is 0 Å². The Labute approximate surface area is 233 Å². The van der Waals surface area contributed by atoms with Crippen LogP contribution in [0.4, 0.5) is 0 Å². The molecule has 39 heavy (non-hydrogen) atoms. The summed E-state index contributed by atoms with van der Waals surface area (Å²) in [6.07, 6.45) is 0. The van der Waals surface area contributed by atoms with Crippen molar-refractivity contribution in [1.82, 2.24) is 15.2 Å². The summed E-state index contributed by atoms with van der Waals surface area (Å²) >= 11 is 1.50. The number of fused-ring (bicyclic) bond motifs is 1. The van der Waals surface area contributed by atoms with E-state index in [4.69, 9.17) is 14.2 Å². The van der Waals surface area contributed by atoms with Gasteiger partial charge in [0.2, 0.25) is 6.79 Å². The zero-order valence-electron chi connectivity index (χ0n) is 22.5. The first kappa shape index (κ1) is 26.7. The van der Waals surface area contributed by atoms with Crippen LogP contribution in [0.2, 0.25) is 0 Å². The van der Waals surface area contributed by atoms with Gasteiger partial charge in [-0.1, -0.05) is 48.5 Å². The third-order valence-electron chi connectivity index (χ3n) is 6.05. The second kappa shape index (κ2) is 11.9. The monoisotopic (exact) mass is 543 g/mol. The molecule has 202 valence electrons. The van der Waals surface area contributed by atoms with Crippen molar-refractivity contribution >= 4 is 17.2 Å². The molecule has 7 nitrogen and oxygen atoms in total. The van der Waals surface area contributed by atoms with Crippen molar-refractivity contribution in [3.05, 3.63) is 106 Å². The van der Waals surface area contributed by atoms with E-state index in [2.05, 4.69) is 45.5 Å². The Hall–Kier alpha value is -3.88. The van der Waals surface area contributed by atoms with Crippen molar-refractivity contribution < 1.29 is 19.0 Å². The van der Waals surface area contributed by atoms with Crippen LogP contribution in [0, 0.1) is 0 Å². The van der Waals surface area contributed by atoms with E-state index in [0.29, 0.717) is 31.9 Å². The van der Waals surface area contributed by atoms with Crippen LogP contribution < -0.4 is 19.5 Å². The highest BCUT2D eigenvalue weighted by molar-refractivity contribution is 7.09. The normalized spacial score (nSPS) is 12.5. The second-order valence-corrected chi connectivity index (χ2v) is 11.5. The zero-order valence-corrected chi connectivity index (χ0v) is 23.3. The molecule has 3 aromatic carbocycles. The predicted molar refractivity (Wildman–Crippen MR) is 152 cm³/mol. The number of hydrogen-bond acceptors (Lipinski definition) is 7. The van der Waals surface area contributed by atoms with E-state index in [1.807, 2.05) is 68.6 Å². The first-order chi connectivity index (χ1) is 18.8. The number of aromatic nitrogens is 1. The summed E-state index contributed by atoms with van der Waals surface area (Å²) in [7, 11) is 0. The van der Waals surface area contributed by atoms with Crippen LogP contribution in [-0.2, 0) is 26.2 Å². The lowest BCUT2D eigenvalue weighted by Gasteiger charge is -2.22. The molecule has 1 amide bonds. The van der Waals surface area contributed by atoms with Crippen molar-refractivity contribution in [3.63, 3.8) is 0 Å². The molecule has 1 aromatic heterocycles. The summed E-state index contributed by atoms with van der Waals surface area (Å²) in [5.74, 6) is 2.21. The molecule has 1 aliphatic rings. The minimum Gasteiger partial charge on any atom is -0.489 e. The summed E-state index contributed by atoms with van der Waals surface area (Å²) < 4.78 is 17.0. The molecule has 0 saturated carbocycles. The number of carbonyl (C=O) groups is 1. The van der Waals surface area contributed by atoms with Gasteiger partial charge in [0, 0.05) is 24.0 Å². The maximum Gasteiger partial charge on any atom is 0.271 e. The predicted octanol–water partition coefficient (Wildman–Crippen LogP) is 6.18. The number of nitrogens with zero attached hydrogens (tertiary/aromatic N) is 2. The summed E-state index contributed by atoms with van der Waals surface area (Å²) in [4.78, 5) is 19.6. The largest absolute Gasteiger partial charge is 0.489 e. The maximum atomic E-state index is 12.6. The van der Waals surface area contributed by atoms with Gasteiger partial charge in [0.25, 0.3) is 5.91 Å². The van der Waals surface area contributed by atoms with Crippen LogP contribution in [0.3, 0.4) is 0 Å². The minimum atomic E-state index is -0.316. The van der Waals surface area contributed by atoms with Gasteiger partial charge in [0.15, 0.2) is 11.5 Å². The van der Waals surface area contributed by atoms with E-state index in [-0.39, 0.29) is 18.2 Å². The molecule has 1 N–H and O–H groups in total. The number of thiazole rings is 1. The number of amides is 1. The first-order valence-corrected chi connectivity index (χ1v) is 13.8. The van der Waals surface area contributed by atoms with Gasteiger partial charge in [0.1, 0.15) is 23.1 Å². The quantitative estimate of drug-likeness (QED) is 0.257. The molecular weight excluding hydrogens is 510 g/mol. The molecule has 0 saturated heterocycles. The van der Waals surface area contributed by atoms with Crippen LogP contribution >= 0.6 is 11.3 Å². The molecule has 0 unspecified atom stereocenters. The van der Waals surface area contributed by atoms with Crippen molar-refractivity contribution in [3.8, 4) is 17.2 Å². The number of nitrogens with one attached hydrogen (secondary N) is 1. The molecular formula is C31H33N3O4S.